The Morgan fingerprint density at radius 2 is 1.43 bits per heavy atom. The molecular formula is C22H33N5O7S. The highest BCUT2D eigenvalue weighted by Gasteiger charge is 2.30. The topological polar surface area (TPSA) is 214 Å². The summed E-state index contributed by atoms with van der Waals surface area (Å²) in [5.41, 5.74) is 11.6. The number of phenolic OH excluding ortho intramolecular Hbond substituents is 1. The molecule has 4 unspecified atom stereocenters. The van der Waals surface area contributed by atoms with Crippen LogP contribution in [0.1, 0.15) is 32.3 Å². The number of thiol groups is 1. The van der Waals surface area contributed by atoms with Crippen LogP contribution in [0, 0.1) is 5.92 Å². The van der Waals surface area contributed by atoms with Gasteiger partial charge in [-0.2, -0.15) is 12.6 Å². The molecule has 0 saturated heterocycles. The van der Waals surface area contributed by atoms with E-state index < -0.39 is 53.8 Å². The van der Waals surface area contributed by atoms with Crippen molar-refractivity contribution in [1.82, 2.24) is 16.0 Å². The number of phenols is 1. The number of hydrogen-bond acceptors (Lipinski definition) is 8. The van der Waals surface area contributed by atoms with Gasteiger partial charge in [0.2, 0.25) is 23.6 Å². The van der Waals surface area contributed by atoms with Crippen LogP contribution in [0.25, 0.3) is 0 Å². The van der Waals surface area contributed by atoms with Crippen molar-refractivity contribution < 1.29 is 34.2 Å². The van der Waals surface area contributed by atoms with Gasteiger partial charge in [0.15, 0.2) is 0 Å². The molecule has 12 nitrogen and oxygen atoms in total. The molecule has 0 radical (unpaired) electrons. The molecule has 0 aliphatic carbocycles. The Kier molecular flexibility index (Phi) is 12.0. The number of nitrogens with one attached hydrogen (secondary N) is 3. The summed E-state index contributed by atoms with van der Waals surface area (Å²) < 4.78 is 0. The zero-order valence-electron chi connectivity index (χ0n) is 19.6. The summed E-state index contributed by atoms with van der Waals surface area (Å²) in [4.78, 5) is 61.0. The van der Waals surface area contributed by atoms with E-state index >= 15 is 0 Å². The quantitative estimate of drug-likeness (QED) is 0.139. The molecule has 0 aromatic heterocycles. The number of carboxylic acid groups (broad SMARTS) is 1. The highest BCUT2D eigenvalue weighted by molar-refractivity contribution is 7.80. The number of carbonyl (C=O) groups excluding carboxylic acids is 4. The number of nitrogens with two attached hydrogens (primary N) is 2. The predicted molar refractivity (Wildman–Crippen MR) is 130 cm³/mol. The van der Waals surface area contributed by atoms with Crippen LogP contribution in [0.5, 0.6) is 5.75 Å². The summed E-state index contributed by atoms with van der Waals surface area (Å²) in [6, 6.07) is 1.15. The number of carbonyl (C=O) groups is 5. The average Bonchev–Trinajstić information content (AvgIpc) is 2.79. The molecule has 0 spiro atoms. The Hall–Kier alpha value is -3.32. The molecule has 0 bridgehead atoms. The van der Waals surface area contributed by atoms with E-state index in [1.807, 2.05) is 0 Å². The lowest BCUT2D eigenvalue weighted by atomic mass is 10.0. The van der Waals surface area contributed by atoms with Crippen LogP contribution in [-0.4, -0.2) is 69.7 Å². The van der Waals surface area contributed by atoms with Crippen LogP contribution in [-0.2, 0) is 30.4 Å². The number of rotatable bonds is 14. The molecule has 1 rings (SSSR count). The monoisotopic (exact) mass is 511 g/mol. The van der Waals surface area contributed by atoms with Crippen LogP contribution < -0.4 is 27.4 Å². The van der Waals surface area contributed by atoms with Gasteiger partial charge < -0.3 is 37.6 Å². The van der Waals surface area contributed by atoms with E-state index in [0.29, 0.717) is 5.56 Å². The molecule has 0 saturated carbocycles. The molecule has 0 aliphatic heterocycles. The Bertz CT molecular complexity index is 910. The normalized spacial score (nSPS) is 14.3. The first-order chi connectivity index (χ1) is 16.3. The molecule has 1 aromatic rings. The van der Waals surface area contributed by atoms with Gasteiger partial charge in [-0.1, -0.05) is 26.0 Å². The summed E-state index contributed by atoms with van der Waals surface area (Å²) >= 11 is 3.92. The Morgan fingerprint density at radius 1 is 0.914 bits per heavy atom. The molecule has 0 fully saturated rings. The van der Waals surface area contributed by atoms with Crippen LogP contribution in [0.4, 0.5) is 0 Å². The highest BCUT2D eigenvalue weighted by Crippen LogP contribution is 2.12. The maximum atomic E-state index is 13.1. The van der Waals surface area contributed by atoms with Crippen molar-refractivity contribution in [2.75, 3.05) is 5.75 Å². The second-order valence-corrected chi connectivity index (χ2v) is 8.71. The van der Waals surface area contributed by atoms with Gasteiger partial charge in [-0.3, -0.25) is 19.2 Å². The van der Waals surface area contributed by atoms with E-state index in [2.05, 4.69) is 28.6 Å². The third kappa shape index (κ3) is 10.2. The summed E-state index contributed by atoms with van der Waals surface area (Å²) in [6.07, 6.45) is -0.413. The standard InChI is InChI=1S/C22H33N5O7S/c1-11(2)18(24)21(32)25-14(7-8-17(23)29)19(30)26-15(9-12-3-5-13(28)6-4-12)20(31)27-16(10-35)22(33)34/h3-6,11,14-16,18,28,35H,7-10,24H2,1-2H3,(H2,23,29)(H,25,32)(H,26,30)(H,27,31)(H,33,34). The van der Waals surface area contributed by atoms with Crippen molar-refractivity contribution in [1.29, 1.82) is 0 Å². The van der Waals surface area contributed by atoms with Gasteiger partial charge in [-0.05, 0) is 30.0 Å². The van der Waals surface area contributed by atoms with Gasteiger partial charge >= 0.3 is 5.97 Å². The lowest BCUT2D eigenvalue weighted by Crippen LogP contribution is -2.58. The van der Waals surface area contributed by atoms with Gasteiger partial charge in [0, 0.05) is 18.6 Å². The van der Waals surface area contributed by atoms with Crippen LogP contribution in [0.2, 0.25) is 0 Å². The smallest absolute Gasteiger partial charge is 0.327 e. The Morgan fingerprint density at radius 3 is 1.91 bits per heavy atom. The molecule has 4 atom stereocenters. The first-order valence-corrected chi connectivity index (χ1v) is 11.6. The summed E-state index contributed by atoms with van der Waals surface area (Å²) in [6.45, 7) is 3.45. The van der Waals surface area contributed by atoms with Crippen LogP contribution >= 0.6 is 12.6 Å². The summed E-state index contributed by atoms with van der Waals surface area (Å²) in [7, 11) is 0. The maximum Gasteiger partial charge on any atom is 0.327 e. The molecule has 35 heavy (non-hydrogen) atoms. The minimum atomic E-state index is -1.31. The number of benzene rings is 1. The van der Waals surface area contributed by atoms with E-state index in [1.165, 1.54) is 24.3 Å². The number of aliphatic carboxylic acids is 1. The molecule has 0 heterocycles. The zero-order valence-corrected chi connectivity index (χ0v) is 20.5. The fourth-order valence-corrected chi connectivity index (χ4v) is 3.18. The molecular weight excluding hydrogens is 478 g/mol. The predicted octanol–water partition coefficient (Wildman–Crippen LogP) is -1.35. The number of primary amides is 1. The molecule has 0 aliphatic rings. The van der Waals surface area contributed by atoms with Gasteiger partial charge in [0.05, 0.1) is 6.04 Å². The van der Waals surface area contributed by atoms with E-state index in [9.17, 15) is 34.2 Å². The lowest BCUT2D eigenvalue weighted by Gasteiger charge is -2.25. The van der Waals surface area contributed by atoms with Crippen molar-refractivity contribution in [3.63, 3.8) is 0 Å². The van der Waals surface area contributed by atoms with Gasteiger partial charge in [0.25, 0.3) is 0 Å². The second-order valence-electron chi connectivity index (χ2n) is 8.35. The van der Waals surface area contributed by atoms with E-state index in [1.54, 1.807) is 13.8 Å². The van der Waals surface area contributed by atoms with E-state index in [-0.39, 0.29) is 36.7 Å². The number of carboxylic acids is 1. The molecule has 194 valence electrons. The van der Waals surface area contributed by atoms with Crippen LogP contribution in [0.3, 0.4) is 0 Å². The molecule has 1 aromatic carbocycles. The first-order valence-electron chi connectivity index (χ1n) is 10.9. The Labute approximate surface area is 208 Å². The molecule has 9 N–H and O–H groups in total. The third-order valence-electron chi connectivity index (χ3n) is 5.14. The number of hydrogen-bond donors (Lipinski definition) is 8. The SMILES string of the molecule is CC(C)C(N)C(=O)NC(CCC(N)=O)C(=O)NC(Cc1ccc(O)cc1)C(=O)NC(CS)C(=O)O. The zero-order chi connectivity index (χ0) is 26.7. The van der Waals surface area contributed by atoms with Crippen LogP contribution in [0.15, 0.2) is 24.3 Å². The number of aromatic hydroxyl groups is 1. The summed E-state index contributed by atoms with van der Waals surface area (Å²) in [5.74, 6) is -4.62. The van der Waals surface area contributed by atoms with Crippen molar-refractivity contribution in [3.8, 4) is 5.75 Å². The number of amides is 4. The van der Waals surface area contributed by atoms with Gasteiger partial charge in [-0.15, -0.1) is 0 Å². The fraction of sp³-hybridized carbons (Fsp3) is 0.500. The van der Waals surface area contributed by atoms with E-state index in [4.69, 9.17) is 11.5 Å². The maximum absolute atomic E-state index is 13.1. The minimum Gasteiger partial charge on any atom is -0.508 e. The summed E-state index contributed by atoms with van der Waals surface area (Å²) in [5, 5.41) is 26.0. The van der Waals surface area contributed by atoms with Crippen molar-refractivity contribution in [2.45, 2.75) is 57.3 Å². The van der Waals surface area contributed by atoms with E-state index in [0.717, 1.165) is 0 Å². The molecule has 4 amide bonds. The largest absolute Gasteiger partial charge is 0.508 e. The third-order valence-corrected chi connectivity index (χ3v) is 5.50. The fourth-order valence-electron chi connectivity index (χ4n) is 2.93. The minimum absolute atomic E-state index is 0.00415. The van der Waals surface area contributed by atoms with Crippen molar-refractivity contribution in [3.05, 3.63) is 29.8 Å². The average molecular weight is 512 g/mol. The Balaban J connectivity index is 3.15. The van der Waals surface area contributed by atoms with Gasteiger partial charge in [0.1, 0.15) is 23.9 Å². The first kappa shape index (κ1) is 29.7. The van der Waals surface area contributed by atoms with Gasteiger partial charge in [-0.25, -0.2) is 4.79 Å². The lowest BCUT2D eigenvalue weighted by molar-refractivity contribution is -0.141. The highest BCUT2D eigenvalue weighted by atomic mass is 32.1. The van der Waals surface area contributed by atoms with Crippen molar-refractivity contribution >= 4 is 42.2 Å². The molecule has 13 heteroatoms. The second kappa shape index (κ2) is 14.2. The van der Waals surface area contributed by atoms with Crippen molar-refractivity contribution in [2.24, 2.45) is 17.4 Å².